The average Bonchev–Trinajstić information content (AvgIpc) is 2.44. The Morgan fingerprint density at radius 1 is 1.30 bits per heavy atom. The lowest BCUT2D eigenvalue weighted by atomic mass is 10.1. The highest BCUT2D eigenvalue weighted by Gasteiger charge is 2.21. The van der Waals surface area contributed by atoms with Gasteiger partial charge in [0.2, 0.25) is 0 Å². The highest BCUT2D eigenvalue weighted by Crippen LogP contribution is 2.09. The lowest BCUT2D eigenvalue weighted by molar-refractivity contribution is -0.145. The van der Waals surface area contributed by atoms with Gasteiger partial charge in [0.1, 0.15) is 6.61 Å². The summed E-state index contributed by atoms with van der Waals surface area (Å²) in [4.78, 5) is 13.3. The van der Waals surface area contributed by atoms with Gasteiger partial charge in [0.15, 0.2) is 0 Å². The Morgan fingerprint density at radius 2 is 1.95 bits per heavy atom. The molecule has 5 nitrogen and oxygen atoms in total. The number of hydrogen-bond donors (Lipinski definition) is 2. The van der Waals surface area contributed by atoms with Gasteiger partial charge in [-0.15, -0.1) is 0 Å². The van der Waals surface area contributed by atoms with E-state index in [2.05, 4.69) is 0 Å². The molecule has 1 aromatic rings. The summed E-state index contributed by atoms with van der Waals surface area (Å²) in [6.45, 7) is 0.0973. The molecule has 0 heterocycles. The zero-order chi connectivity index (χ0) is 15.0. The Balaban J connectivity index is 2.29. The van der Waals surface area contributed by atoms with E-state index in [4.69, 9.17) is 9.84 Å². The van der Waals surface area contributed by atoms with Gasteiger partial charge in [-0.1, -0.05) is 30.3 Å². The predicted molar refractivity (Wildman–Crippen MR) is 76.0 cm³/mol. The first-order valence-electron chi connectivity index (χ1n) is 6.69. The van der Waals surface area contributed by atoms with Crippen molar-refractivity contribution in [3.63, 3.8) is 0 Å². The smallest absolute Gasteiger partial charge is 0.306 e. The van der Waals surface area contributed by atoms with Crippen molar-refractivity contribution >= 4 is 5.97 Å². The van der Waals surface area contributed by atoms with Crippen LogP contribution >= 0.6 is 0 Å². The van der Waals surface area contributed by atoms with Crippen LogP contribution < -0.4 is 0 Å². The molecule has 0 amide bonds. The first-order valence-corrected chi connectivity index (χ1v) is 6.69. The van der Waals surface area contributed by atoms with E-state index in [1.54, 1.807) is 19.0 Å². The van der Waals surface area contributed by atoms with Crippen molar-refractivity contribution in [2.45, 2.75) is 31.6 Å². The fourth-order valence-corrected chi connectivity index (χ4v) is 1.90. The summed E-state index contributed by atoms with van der Waals surface area (Å²) in [6.07, 6.45) is -0.339. The second-order valence-electron chi connectivity index (χ2n) is 4.97. The van der Waals surface area contributed by atoms with E-state index >= 15 is 0 Å². The summed E-state index contributed by atoms with van der Waals surface area (Å²) in [5, 5.41) is 19.1. The quantitative estimate of drug-likeness (QED) is 0.690. The van der Waals surface area contributed by atoms with E-state index < -0.39 is 6.10 Å². The normalized spacial score (nSPS) is 14.1. The summed E-state index contributed by atoms with van der Waals surface area (Å²) in [6, 6.07) is 9.08. The Kier molecular flexibility index (Phi) is 7.22. The number of rotatable bonds is 8. The molecular formula is C15H23NO4. The van der Waals surface area contributed by atoms with Crippen molar-refractivity contribution in [3.05, 3.63) is 35.9 Å². The summed E-state index contributed by atoms with van der Waals surface area (Å²) >= 11 is 0. The molecule has 2 unspecified atom stereocenters. The molecule has 1 rings (SSSR count). The molecule has 0 fully saturated rings. The maximum atomic E-state index is 11.6. The molecule has 0 saturated carbocycles. The van der Waals surface area contributed by atoms with Gasteiger partial charge in [0, 0.05) is 6.42 Å². The third-order valence-electron chi connectivity index (χ3n) is 3.18. The van der Waals surface area contributed by atoms with Crippen LogP contribution in [0.3, 0.4) is 0 Å². The fourth-order valence-electron chi connectivity index (χ4n) is 1.90. The van der Waals surface area contributed by atoms with E-state index in [0.717, 1.165) is 5.56 Å². The van der Waals surface area contributed by atoms with Crippen molar-refractivity contribution in [2.24, 2.45) is 0 Å². The van der Waals surface area contributed by atoms with Gasteiger partial charge in [-0.25, -0.2) is 0 Å². The molecule has 0 aliphatic heterocycles. The van der Waals surface area contributed by atoms with Crippen LogP contribution in [0.2, 0.25) is 0 Å². The minimum absolute atomic E-state index is 0.137. The van der Waals surface area contributed by atoms with Crippen molar-refractivity contribution in [1.29, 1.82) is 0 Å². The Bertz CT molecular complexity index is 394. The maximum absolute atomic E-state index is 11.6. The summed E-state index contributed by atoms with van der Waals surface area (Å²) in [5.41, 5.74) is 0.933. The number of aliphatic hydroxyl groups is 2. The molecular weight excluding hydrogens is 258 g/mol. The van der Waals surface area contributed by atoms with Gasteiger partial charge in [-0.2, -0.15) is 0 Å². The van der Waals surface area contributed by atoms with E-state index in [-0.39, 0.29) is 38.1 Å². The zero-order valence-corrected chi connectivity index (χ0v) is 12.0. The molecule has 112 valence electrons. The van der Waals surface area contributed by atoms with Crippen LogP contribution in [0.5, 0.6) is 0 Å². The van der Waals surface area contributed by atoms with Crippen molar-refractivity contribution < 1.29 is 19.7 Å². The number of carbonyl (C=O) groups excluding carboxylic acids is 1. The van der Waals surface area contributed by atoms with Crippen molar-refractivity contribution in [1.82, 2.24) is 4.90 Å². The molecule has 0 aliphatic carbocycles. The molecule has 0 radical (unpaired) electrons. The van der Waals surface area contributed by atoms with Crippen molar-refractivity contribution in [3.8, 4) is 0 Å². The Labute approximate surface area is 119 Å². The summed E-state index contributed by atoms with van der Waals surface area (Å²) in [7, 11) is 3.55. The predicted octanol–water partition coefficient (Wildman–Crippen LogP) is 0.793. The van der Waals surface area contributed by atoms with E-state index in [1.165, 1.54) is 0 Å². The van der Waals surface area contributed by atoms with Gasteiger partial charge in [-0.3, -0.25) is 4.79 Å². The number of esters is 1. The second kappa shape index (κ2) is 8.68. The number of likely N-dealkylation sites (N-methyl/N-ethyl adjacent to an activating group) is 1. The highest BCUT2D eigenvalue weighted by molar-refractivity contribution is 5.69. The monoisotopic (exact) mass is 281 g/mol. The van der Waals surface area contributed by atoms with Crippen LogP contribution in [-0.2, 0) is 16.1 Å². The molecule has 2 atom stereocenters. The van der Waals surface area contributed by atoms with Gasteiger partial charge in [0.05, 0.1) is 18.8 Å². The van der Waals surface area contributed by atoms with Crippen LogP contribution in [0.25, 0.3) is 0 Å². The second-order valence-corrected chi connectivity index (χ2v) is 4.97. The number of benzene rings is 1. The van der Waals surface area contributed by atoms with Gasteiger partial charge >= 0.3 is 5.97 Å². The SMILES string of the molecule is CN(C)C(CO)C(O)CCC(=O)OCc1ccccc1. The first-order chi connectivity index (χ1) is 9.54. The molecule has 20 heavy (non-hydrogen) atoms. The summed E-state index contributed by atoms with van der Waals surface area (Å²) < 4.78 is 5.13. The third kappa shape index (κ3) is 5.69. The maximum Gasteiger partial charge on any atom is 0.306 e. The molecule has 0 saturated heterocycles. The average molecular weight is 281 g/mol. The molecule has 1 aromatic carbocycles. The number of ether oxygens (including phenoxy) is 1. The number of hydrogen-bond acceptors (Lipinski definition) is 5. The van der Waals surface area contributed by atoms with Crippen LogP contribution in [0.15, 0.2) is 30.3 Å². The molecule has 2 N–H and O–H groups in total. The van der Waals surface area contributed by atoms with Crippen LogP contribution in [0, 0.1) is 0 Å². The van der Waals surface area contributed by atoms with Gasteiger partial charge < -0.3 is 19.8 Å². The topological polar surface area (TPSA) is 70.0 Å². The standard InChI is InChI=1S/C15H23NO4/c1-16(2)13(10-17)14(18)8-9-15(19)20-11-12-6-4-3-5-7-12/h3-7,13-14,17-18H,8-11H2,1-2H3. The summed E-state index contributed by atoms with van der Waals surface area (Å²) in [5.74, 6) is -0.344. The minimum Gasteiger partial charge on any atom is -0.461 e. The largest absolute Gasteiger partial charge is 0.461 e. The zero-order valence-electron chi connectivity index (χ0n) is 12.0. The first kappa shape index (κ1) is 16.6. The van der Waals surface area contributed by atoms with E-state index in [1.807, 2.05) is 30.3 Å². The van der Waals surface area contributed by atoms with Gasteiger partial charge in [0.25, 0.3) is 0 Å². The number of carbonyl (C=O) groups is 1. The number of aliphatic hydroxyl groups excluding tert-OH is 2. The lowest BCUT2D eigenvalue weighted by Gasteiger charge is -2.26. The molecule has 0 bridgehead atoms. The van der Waals surface area contributed by atoms with Gasteiger partial charge in [-0.05, 0) is 26.1 Å². The van der Waals surface area contributed by atoms with E-state index in [9.17, 15) is 9.90 Å². The van der Waals surface area contributed by atoms with Crippen LogP contribution in [0.4, 0.5) is 0 Å². The Morgan fingerprint density at radius 3 is 2.50 bits per heavy atom. The van der Waals surface area contributed by atoms with Crippen LogP contribution in [0.1, 0.15) is 18.4 Å². The Hall–Kier alpha value is -1.43. The molecule has 0 aromatic heterocycles. The van der Waals surface area contributed by atoms with Crippen molar-refractivity contribution in [2.75, 3.05) is 20.7 Å². The third-order valence-corrected chi connectivity index (χ3v) is 3.18. The van der Waals surface area contributed by atoms with Crippen LogP contribution in [-0.4, -0.2) is 53.9 Å². The fraction of sp³-hybridized carbons (Fsp3) is 0.533. The molecule has 0 spiro atoms. The molecule has 0 aliphatic rings. The van der Waals surface area contributed by atoms with E-state index in [0.29, 0.717) is 0 Å². The highest BCUT2D eigenvalue weighted by atomic mass is 16.5. The lowest BCUT2D eigenvalue weighted by Crippen LogP contribution is -2.42. The number of nitrogens with zero attached hydrogens (tertiary/aromatic N) is 1. The molecule has 5 heteroatoms. The minimum atomic E-state index is -0.751.